The van der Waals surface area contributed by atoms with Crippen molar-refractivity contribution in [1.29, 1.82) is 0 Å². The van der Waals surface area contributed by atoms with Gasteiger partial charge in [-0.15, -0.1) is 0 Å². The third-order valence-corrected chi connectivity index (χ3v) is 2.29. The molecule has 0 heterocycles. The Kier molecular flexibility index (Phi) is 1.68. The molecule has 1 fully saturated rings. The molecular formula is C7H13NO2. The number of carboxylic acid groups (broad SMARTS) is 1. The summed E-state index contributed by atoms with van der Waals surface area (Å²) >= 11 is 0. The highest BCUT2D eigenvalue weighted by atomic mass is 16.4. The molecule has 0 spiro atoms. The largest absolute Gasteiger partial charge is 0.480 e. The van der Waals surface area contributed by atoms with E-state index in [1.165, 1.54) is 0 Å². The Balaban J connectivity index is 2.65. The van der Waals surface area contributed by atoms with Gasteiger partial charge in [0.1, 0.15) is 5.54 Å². The standard InChI is InChI=1S/C7H13NO2/c1-2-7(8,6(9)10)5-3-4-5/h5H,2-4,8H2,1H3,(H,9,10)/t7-/m1/s1. The molecule has 1 rings (SSSR count). The van der Waals surface area contributed by atoms with Crippen LogP contribution in [0, 0.1) is 5.92 Å². The maximum absolute atomic E-state index is 10.6. The van der Waals surface area contributed by atoms with Crippen LogP contribution in [0.25, 0.3) is 0 Å². The van der Waals surface area contributed by atoms with E-state index in [4.69, 9.17) is 10.8 Å². The second-order valence-electron chi connectivity index (χ2n) is 2.97. The SMILES string of the molecule is CC[C@](N)(C(=O)O)C1CC1. The van der Waals surface area contributed by atoms with Crippen LogP contribution in [0.3, 0.4) is 0 Å². The lowest BCUT2D eigenvalue weighted by molar-refractivity contribution is -0.144. The summed E-state index contributed by atoms with van der Waals surface area (Å²) in [6, 6.07) is 0. The molecule has 3 heteroatoms. The summed E-state index contributed by atoms with van der Waals surface area (Å²) in [7, 11) is 0. The molecule has 0 aromatic rings. The molecule has 1 aliphatic rings. The zero-order valence-electron chi connectivity index (χ0n) is 6.13. The Bertz CT molecular complexity index is 154. The zero-order valence-corrected chi connectivity index (χ0v) is 6.13. The Hall–Kier alpha value is -0.570. The topological polar surface area (TPSA) is 63.3 Å². The molecule has 0 radical (unpaired) electrons. The Morgan fingerprint density at radius 2 is 2.30 bits per heavy atom. The Labute approximate surface area is 60.2 Å². The van der Waals surface area contributed by atoms with E-state index < -0.39 is 11.5 Å². The van der Waals surface area contributed by atoms with Crippen LogP contribution in [0.15, 0.2) is 0 Å². The quantitative estimate of drug-likeness (QED) is 0.607. The molecule has 0 bridgehead atoms. The minimum absolute atomic E-state index is 0.231. The highest BCUT2D eigenvalue weighted by molar-refractivity contribution is 5.79. The van der Waals surface area contributed by atoms with Crippen molar-refractivity contribution in [2.45, 2.75) is 31.7 Å². The molecular weight excluding hydrogens is 130 g/mol. The highest BCUT2D eigenvalue weighted by Crippen LogP contribution is 2.39. The van der Waals surface area contributed by atoms with Gasteiger partial charge in [-0.3, -0.25) is 4.79 Å². The number of carbonyl (C=O) groups is 1. The van der Waals surface area contributed by atoms with E-state index in [2.05, 4.69) is 0 Å². The summed E-state index contributed by atoms with van der Waals surface area (Å²) in [4.78, 5) is 10.6. The van der Waals surface area contributed by atoms with Gasteiger partial charge in [-0.2, -0.15) is 0 Å². The van der Waals surface area contributed by atoms with Gasteiger partial charge >= 0.3 is 5.97 Å². The maximum atomic E-state index is 10.6. The maximum Gasteiger partial charge on any atom is 0.323 e. The molecule has 0 aromatic heterocycles. The number of aliphatic carboxylic acids is 1. The Morgan fingerprint density at radius 1 is 1.80 bits per heavy atom. The number of hydrogen-bond donors (Lipinski definition) is 2. The van der Waals surface area contributed by atoms with Crippen LogP contribution in [0.5, 0.6) is 0 Å². The van der Waals surface area contributed by atoms with Crippen LogP contribution in [-0.4, -0.2) is 16.6 Å². The molecule has 0 unspecified atom stereocenters. The van der Waals surface area contributed by atoms with Crippen LogP contribution < -0.4 is 5.73 Å². The van der Waals surface area contributed by atoms with E-state index in [-0.39, 0.29) is 5.92 Å². The third-order valence-electron chi connectivity index (χ3n) is 2.29. The van der Waals surface area contributed by atoms with Crippen LogP contribution in [0.4, 0.5) is 0 Å². The number of nitrogens with two attached hydrogens (primary N) is 1. The van der Waals surface area contributed by atoms with Crippen molar-refractivity contribution < 1.29 is 9.90 Å². The van der Waals surface area contributed by atoms with Gasteiger partial charge in [0, 0.05) is 0 Å². The summed E-state index contributed by atoms with van der Waals surface area (Å²) in [5, 5.41) is 8.72. The minimum Gasteiger partial charge on any atom is -0.480 e. The van der Waals surface area contributed by atoms with E-state index in [1.807, 2.05) is 6.92 Å². The van der Waals surface area contributed by atoms with Crippen molar-refractivity contribution in [3.8, 4) is 0 Å². The van der Waals surface area contributed by atoms with Crippen LogP contribution in [0.1, 0.15) is 26.2 Å². The fraction of sp³-hybridized carbons (Fsp3) is 0.857. The average molecular weight is 143 g/mol. The van der Waals surface area contributed by atoms with Crippen LogP contribution in [-0.2, 0) is 4.79 Å². The van der Waals surface area contributed by atoms with Crippen LogP contribution in [0.2, 0.25) is 0 Å². The number of carboxylic acids is 1. The lowest BCUT2D eigenvalue weighted by Crippen LogP contribution is -2.49. The lowest BCUT2D eigenvalue weighted by Gasteiger charge is -2.21. The van der Waals surface area contributed by atoms with Crippen molar-refractivity contribution in [3.63, 3.8) is 0 Å². The predicted octanol–water partition coefficient (Wildman–Crippen LogP) is 0.588. The van der Waals surface area contributed by atoms with Gasteiger partial charge in [-0.05, 0) is 25.2 Å². The summed E-state index contributed by atoms with van der Waals surface area (Å²) in [5.41, 5.74) is 4.72. The molecule has 58 valence electrons. The predicted molar refractivity (Wildman–Crippen MR) is 37.6 cm³/mol. The van der Waals surface area contributed by atoms with Gasteiger partial charge < -0.3 is 10.8 Å². The van der Waals surface area contributed by atoms with E-state index in [0.29, 0.717) is 6.42 Å². The summed E-state index contributed by atoms with van der Waals surface area (Å²) in [6.45, 7) is 1.83. The van der Waals surface area contributed by atoms with Gasteiger partial charge in [0.2, 0.25) is 0 Å². The van der Waals surface area contributed by atoms with E-state index in [9.17, 15) is 4.79 Å². The first kappa shape index (κ1) is 7.54. The molecule has 1 saturated carbocycles. The first-order valence-electron chi connectivity index (χ1n) is 3.63. The Morgan fingerprint density at radius 3 is 2.40 bits per heavy atom. The van der Waals surface area contributed by atoms with E-state index in [0.717, 1.165) is 12.8 Å². The summed E-state index contributed by atoms with van der Waals surface area (Å²) < 4.78 is 0. The molecule has 0 amide bonds. The van der Waals surface area contributed by atoms with Crippen molar-refractivity contribution in [3.05, 3.63) is 0 Å². The fourth-order valence-electron chi connectivity index (χ4n) is 1.21. The zero-order chi connectivity index (χ0) is 7.78. The fourth-order valence-corrected chi connectivity index (χ4v) is 1.21. The number of rotatable bonds is 3. The summed E-state index contributed by atoms with van der Waals surface area (Å²) in [6.07, 6.45) is 2.50. The third kappa shape index (κ3) is 1.01. The molecule has 0 saturated heterocycles. The minimum atomic E-state index is -0.931. The van der Waals surface area contributed by atoms with Crippen molar-refractivity contribution in [2.75, 3.05) is 0 Å². The number of hydrogen-bond acceptors (Lipinski definition) is 2. The molecule has 3 N–H and O–H groups in total. The molecule has 3 nitrogen and oxygen atoms in total. The monoisotopic (exact) mass is 143 g/mol. The normalized spacial score (nSPS) is 23.8. The van der Waals surface area contributed by atoms with Crippen molar-refractivity contribution in [1.82, 2.24) is 0 Å². The van der Waals surface area contributed by atoms with Crippen molar-refractivity contribution in [2.24, 2.45) is 11.7 Å². The van der Waals surface area contributed by atoms with Gasteiger partial charge in [0.05, 0.1) is 0 Å². The second-order valence-corrected chi connectivity index (χ2v) is 2.97. The van der Waals surface area contributed by atoms with E-state index >= 15 is 0 Å². The molecule has 0 aromatic carbocycles. The van der Waals surface area contributed by atoms with Crippen molar-refractivity contribution >= 4 is 5.97 Å². The highest BCUT2D eigenvalue weighted by Gasteiger charge is 2.46. The molecule has 0 aliphatic heterocycles. The molecule has 1 aliphatic carbocycles. The van der Waals surface area contributed by atoms with Gasteiger partial charge in [0.25, 0.3) is 0 Å². The van der Waals surface area contributed by atoms with Crippen LogP contribution >= 0.6 is 0 Å². The van der Waals surface area contributed by atoms with Gasteiger partial charge in [-0.1, -0.05) is 6.92 Å². The second kappa shape index (κ2) is 2.23. The van der Waals surface area contributed by atoms with Gasteiger partial charge in [0.15, 0.2) is 0 Å². The lowest BCUT2D eigenvalue weighted by atomic mass is 9.92. The average Bonchev–Trinajstić information content (AvgIpc) is 2.67. The smallest absolute Gasteiger partial charge is 0.323 e. The van der Waals surface area contributed by atoms with E-state index in [1.54, 1.807) is 0 Å². The first-order chi connectivity index (χ1) is 4.61. The van der Waals surface area contributed by atoms with Gasteiger partial charge in [-0.25, -0.2) is 0 Å². The molecule has 1 atom stereocenters. The first-order valence-corrected chi connectivity index (χ1v) is 3.63. The summed E-state index contributed by atoms with van der Waals surface area (Å²) in [5.74, 6) is -0.618. The molecule has 10 heavy (non-hydrogen) atoms.